The largest absolute Gasteiger partial charge is 0.387 e. The second-order valence-corrected chi connectivity index (χ2v) is 8.33. The van der Waals surface area contributed by atoms with E-state index in [2.05, 4.69) is 9.97 Å². The van der Waals surface area contributed by atoms with Crippen LogP contribution in [0.4, 0.5) is 0 Å². The van der Waals surface area contributed by atoms with Crippen LogP contribution in [0.5, 0.6) is 0 Å². The summed E-state index contributed by atoms with van der Waals surface area (Å²) in [7, 11) is 0. The molecule has 2 aliphatic heterocycles. The molecule has 2 aliphatic rings. The van der Waals surface area contributed by atoms with Crippen LogP contribution in [0.25, 0.3) is 11.0 Å². The van der Waals surface area contributed by atoms with E-state index in [1.807, 2.05) is 18.2 Å². The first-order valence-electron chi connectivity index (χ1n) is 10.1. The first-order chi connectivity index (χ1) is 13.8. The number of para-hydroxylation sites is 2. The highest BCUT2D eigenvalue weighted by atomic mass is 16.5. The molecule has 29 heavy (non-hydrogen) atoms. The van der Waals surface area contributed by atoms with Gasteiger partial charge in [0, 0.05) is 32.4 Å². The smallest absolute Gasteiger partial charge is 0.270 e. The van der Waals surface area contributed by atoms with Crippen molar-refractivity contribution in [2.45, 2.75) is 56.3 Å². The number of carbonyl (C=O) groups excluding carboxylic acids is 1. The molecule has 2 fully saturated rings. The number of piperidine rings is 1. The first-order valence-corrected chi connectivity index (χ1v) is 10.1. The molecule has 8 heteroatoms. The SMILES string of the molecule is C[C@@]1(O)CCOC2(CCN(C(=O)CCc3nc4ccccc4[nH]c3=O)CC2)[C@H]1O. The van der Waals surface area contributed by atoms with Crippen molar-refractivity contribution in [1.29, 1.82) is 0 Å². The molecule has 3 heterocycles. The number of likely N-dealkylation sites (tertiary alicyclic amines) is 1. The summed E-state index contributed by atoms with van der Waals surface area (Å²) in [6.07, 6.45) is 0.847. The Bertz CT molecular complexity index is 962. The molecule has 0 radical (unpaired) electrons. The summed E-state index contributed by atoms with van der Waals surface area (Å²) in [5.41, 5.74) is -0.508. The predicted molar refractivity (Wildman–Crippen MR) is 106 cm³/mol. The minimum atomic E-state index is -1.17. The van der Waals surface area contributed by atoms with Crippen LogP contribution in [-0.4, -0.2) is 68.0 Å². The number of amides is 1. The van der Waals surface area contributed by atoms with E-state index in [4.69, 9.17) is 4.74 Å². The molecular weight excluding hydrogens is 374 g/mol. The summed E-state index contributed by atoms with van der Waals surface area (Å²) >= 11 is 0. The molecule has 2 saturated heterocycles. The van der Waals surface area contributed by atoms with Gasteiger partial charge < -0.3 is 24.8 Å². The zero-order valence-electron chi connectivity index (χ0n) is 16.6. The highest BCUT2D eigenvalue weighted by Crippen LogP contribution is 2.39. The minimum absolute atomic E-state index is 0.0498. The summed E-state index contributed by atoms with van der Waals surface area (Å²) in [4.78, 5) is 33.8. The number of carbonyl (C=O) groups is 1. The lowest BCUT2D eigenvalue weighted by Gasteiger charge is -2.51. The first kappa shape index (κ1) is 20.0. The number of benzene rings is 1. The van der Waals surface area contributed by atoms with Gasteiger partial charge in [-0.2, -0.15) is 0 Å². The maximum Gasteiger partial charge on any atom is 0.270 e. The van der Waals surface area contributed by atoms with E-state index < -0.39 is 17.3 Å². The van der Waals surface area contributed by atoms with Crippen LogP contribution in [0.1, 0.15) is 38.3 Å². The molecule has 2 aromatic rings. The van der Waals surface area contributed by atoms with Crippen molar-refractivity contribution in [1.82, 2.24) is 14.9 Å². The molecule has 0 saturated carbocycles. The van der Waals surface area contributed by atoms with Crippen molar-refractivity contribution in [2.24, 2.45) is 0 Å². The number of aromatic amines is 1. The van der Waals surface area contributed by atoms with Crippen molar-refractivity contribution < 1.29 is 19.7 Å². The number of aromatic nitrogens is 2. The molecule has 156 valence electrons. The van der Waals surface area contributed by atoms with Crippen molar-refractivity contribution in [3.63, 3.8) is 0 Å². The standard InChI is InChI=1S/C21H27N3O5/c1-20(28)10-13-29-21(19(20)27)8-11-24(12-9-21)17(25)7-6-16-18(26)23-15-5-3-2-4-14(15)22-16/h2-5,19,27-28H,6-13H2,1H3,(H,23,26)/t19-,20+/m0/s1. The van der Waals surface area contributed by atoms with Crippen LogP contribution < -0.4 is 5.56 Å². The van der Waals surface area contributed by atoms with Crippen LogP contribution in [0.15, 0.2) is 29.1 Å². The summed E-state index contributed by atoms with van der Waals surface area (Å²) in [6, 6.07) is 7.30. The fourth-order valence-corrected chi connectivity index (χ4v) is 4.42. The topological polar surface area (TPSA) is 116 Å². The van der Waals surface area contributed by atoms with Gasteiger partial charge in [-0.1, -0.05) is 12.1 Å². The number of nitrogens with one attached hydrogen (secondary N) is 1. The number of hydrogen-bond acceptors (Lipinski definition) is 6. The summed E-state index contributed by atoms with van der Waals surface area (Å²) in [5.74, 6) is -0.0498. The average molecular weight is 401 g/mol. The number of H-pyrrole nitrogens is 1. The molecule has 2 atom stereocenters. The van der Waals surface area contributed by atoms with E-state index in [0.717, 1.165) is 0 Å². The maximum atomic E-state index is 12.7. The lowest BCUT2D eigenvalue weighted by molar-refractivity contribution is -0.245. The van der Waals surface area contributed by atoms with E-state index >= 15 is 0 Å². The van der Waals surface area contributed by atoms with Crippen molar-refractivity contribution in [2.75, 3.05) is 19.7 Å². The van der Waals surface area contributed by atoms with Gasteiger partial charge >= 0.3 is 0 Å². The molecule has 1 spiro atoms. The number of ether oxygens (including phenoxy) is 1. The van der Waals surface area contributed by atoms with E-state index in [9.17, 15) is 19.8 Å². The van der Waals surface area contributed by atoms with Gasteiger partial charge in [0.25, 0.3) is 5.56 Å². The number of aryl methyl sites for hydroxylation is 1. The normalized spacial score (nSPS) is 26.7. The second-order valence-electron chi connectivity index (χ2n) is 8.33. The van der Waals surface area contributed by atoms with Crippen LogP contribution in [-0.2, 0) is 16.0 Å². The Balaban J connectivity index is 1.37. The van der Waals surface area contributed by atoms with Gasteiger partial charge in [-0.3, -0.25) is 9.59 Å². The monoisotopic (exact) mass is 401 g/mol. The fraction of sp³-hybridized carbons (Fsp3) is 0.571. The Hall–Kier alpha value is -2.29. The maximum absolute atomic E-state index is 12.7. The number of fused-ring (bicyclic) bond motifs is 1. The van der Waals surface area contributed by atoms with Gasteiger partial charge in [0.2, 0.25) is 5.91 Å². The molecule has 4 rings (SSSR count). The number of hydrogen-bond donors (Lipinski definition) is 3. The van der Waals surface area contributed by atoms with Gasteiger partial charge in [0.05, 0.1) is 23.2 Å². The van der Waals surface area contributed by atoms with Crippen LogP contribution >= 0.6 is 0 Å². The van der Waals surface area contributed by atoms with E-state index in [0.29, 0.717) is 55.7 Å². The summed E-state index contributed by atoms with van der Waals surface area (Å²) in [5, 5.41) is 21.0. The third kappa shape index (κ3) is 3.80. The fourth-order valence-electron chi connectivity index (χ4n) is 4.42. The van der Waals surface area contributed by atoms with Crippen molar-refractivity contribution >= 4 is 16.9 Å². The highest BCUT2D eigenvalue weighted by Gasteiger charge is 2.52. The van der Waals surface area contributed by atoms with E-state index in [1.54, 1.807) is 17.9 Å². The summed E-state index contributed by atoms with van der Waals surface area (Å²) < 4.78 is 5.86. The van der Waals surface area contributed by atoms with Crippen LogP contribution in [0.3, 0.4) is 0 Å². The highest BCUT2D eigenvalue weighted by molar-refractivity contribution is 5.77. The zero-order valence-corrected chi connectivity index (χ0v) is 16.6. The molecule has 0 unspecified atom stereocenters. The van der Waals surface area contributed by atoms with Gasteiger partial charge in [0.1, 0.15) is 17.4 Å². The molecule has 8 nitrogen and oxygen atoms in total. The van der Waals surface area contributed by atoms with Gasteiger partial charge in [0.15, 0.2) is 0 Å². The third-order valence-electron chi connectivity index (χ3n) is 6.29. The van der Waals surface area contributed by atoms with Gasteiger partial charge in [-0.15, -0.1) is 0 Å². The molecule has 3 N–H and O–H groups in total. The molecule has 1 amide bonds. The Kier molecular flexibility index (Phi) is 5.18. The quantitative estimate of drug-likeness (QED) is 0.699. The molecule has 1 aromatic heterocycles. The van der Waals surface area contributed by atoms with Crippen LogP contribution in [0.2, 0.25) is 0 Å². The van der Waals surface area contributed by atoms with Crippen molar-refractivity contribution in [3.05, 3.63) is 40.3 Å². The van der Waals surface area contributed by atoms with E-state index in [-0.39, 0.29) is 24.3 Å². The molecule has 0 aliphatic carbocycles. The Morgan fingerprint density at radius 2 is 2.03 bits per heavy atom. The Morgan fingerprint density at radius 1 is 1.31 bits per heavy atom. The predicted octanol–water partition coefficient (Wildman–Crippen LogP) is 0.749. The lowest BCUT2D eigenvalue weighted by Crippen LogP contribution is -2.64. The molecule has 1 aromatic carbocycles. The number of nitrogens with zero attached hydrogens (tertiary/aromatic N) is 2. The Morgan fingerprint density at radius 3 is 2.79 bits per heavy atom. The van der Waals surface area contributed by atoms with E-state index in [1.165, 1.54) is 0 Å². The van der Waals surface area contributed by atoms with Crippen LogP contribution in [0, 0.1) is 0 Å². The lowest BCUT2D eigenvalue weighted by atomic mass is 9.75. The average Bonchev–Trinajstić information content (AvgIpc) is 2.71. The summed E-state index contributed by atoms with van der Waals surface area (Å²) in [6.45, 7) is 2.93. The number of rotatable bonds is 3. The zero-order chi connectivity index (χ0) is 20.6. The minimum Gasteiger partial charge on any atom is -0.387 e. The molecule has 0 bridgehead atoms. The Labute approximate surface area is 168 Å². The van der Waals surface area contributed by atoms with Gasteiger partial charge in [-0.05, 0) is 31.9 Å². The third-order valence-corrected chi connectivity index (χ3v) is 6.29. The van der Waals surface area contributed by atoms with Gasteiger partial charge in [-0.25, -0.2) is 4.98 Å². The molecular formula is C21H27N3O5. The number of aliphatic hydroxyl groups excluding tert-OH is 1. The number of aliphatic hydroxyl groups is 2. The second kappa shape index (κ2) is 7.51. The van der Waals surface area contributed by atoms with Crippen molar-refractivity contribution in [3.8, 4) is 0 Å².